The molecule has 0 aliphatic rings. The first-order valence-corrected chi connectivity index (χ1v) is 4.57. The van der Waals surface area contributed by atoms with E-state index in [0.29, 0.717) is 5.56 Å². The minimum Gasteiger partial charge on any atom is -0.469 e. The lowest BCUT2D eigenvalue weighted by Gasteiger charge is -2.16. The Labute approximate surface area is 87.5 Å². The summed E-state index contributed by atoms with van der Waals surface area (Å²) >= 11 is 0. The fourth-order valence-electron chi connectivity index (χ4n) is 1.26. The summed E-state index contributed by atoms with van der Waals surface area (Å²) in [6, 6.07) is 5.37. The predicted octanol–water partition coefficient (Wildman–Crippen LogP) is 1.67. The molecular weight excluding hydrogens is 199 g/mol. The van der Waals surface area contributed by atoms with E-state index in [1.54, 1.807) is 6.92 Å². The van der Waals surface area contributed by atoms with Crippen LogP contribution < -0.4 is 0 Å². The van der Waals surface area contributed by atoms with E-state index in [-0.39, 0.29) is 5.82 Å². The number of esters is 1. The molecule has 1 rings (SSSR count). The third-order valence-corrected chi connectivity index (χ3v) is 2.26. The molecule has 1 N–H and O–H groups in total. The molecule has 82 valence electrons. The highest BCUT2D eigenvalue weighted by molar-refractivity contribution is 5.72. The van der Waals surface area contributed by atoms with Crippen molar-refractivity contribution in [2.24, 2.45) is 5.92 Å². The lowest BCUT2D eigenvalue weighted by molar-refractivity contribution is -0.148. The third-order valence-electron chi connectivity index (χ3n) is 2.26. The number of methoxy groups -OCH3 is 1. The van der Waals surface area contributed by atoms with Crippen molar-refractivity contribution in [2.45, 2.75) is 13.0 Å². The van der Waals surface area contributed by atoms with Gasteiger partial charge in [-0.1, -0.05) is 12.1 Å². The maximum atomic E-state index is 12.6. The van der Waals surface area contributed by atoms with Crippen molar-refractivity contribution in [1.29, 1.82) is 0 Å². The van der Waals surface area contributed by atoms with E-state index in [0.717, 1.165) is 0 Å². The molecule has 0 aliphatic heterocycles. The van der Waals surface area contributed by atoms with Gasteiger partial charge in [-0.3, -0.25) is 4.79 Å². The summed E-state index contributed by atoms with van der Waals surface area (Å²) in [6.07, 6.45) is -0.974. The number of aliphatic hydroxyl groups excluding tert-OH is 1. The molecule has 0 saturated carbocycles. The Bertz CT molecular complexity index is 334. The van der Waals surface area contributed by atoms with Gasteiger partial charge in [0, 0.05) is 0 Å². The lowest BCUT2D eigenvalue weighted by atomic mass is 9.98. The summed E-state index contributed by atoms with van der Waals surface area (Å²) in [7, 11) is 1.26. The van der Waals surface area contributed by atoms with Crippen molar-refractivity contribution in [1.82, 2.24) is 0 Å². The molecule has 3 nitrogen and oxygen atoms in total. The normalized spacial score (nSPS) is 14.4. The average molecular weight is 212 g/mol. The van der Waals surface area contributed by atoms with Gasteiger partial charge >= 0.3 is 5.97 Å². The smallest absolute Gasteiger partial charge is 0.311 e. The first-order valence-electron chi connectivity index (χ1n) is 4.57. The van der Waals surface area contributed by atoms with E-state index in [2.05, 4.69) is 4.74 Å². The molecule has 0 saturated heterocycles. The number of aliphatic hydroxyl groups is 1. The number of hydrogen-bond acceptors (Lipinski definition) is 3. The molecule has 4 heteroatoms. The highest BCUT2D eigenvalue weighted by Crippen LogP contribution is 2.22. The summed E-state index contributed by atoms with van der Waals surface area (Å²) < 4.78 is 17.1. The summed E-state index contributed by atoms with van der Waals surface area (Å²) in [5.74, 6) is -1.54. The van der Waals surface area contributed by atoms with Gasteiger partial charge in [0.1, 0.15) is 5.82 Å². The topological polar surface area (TPSA) is 46.5 Å². The molecule has 1 aromatic rings. The van der Waals surface area contributed by atoms with E-state index in [1.807, 2.05) is 0 Å². The van der Waals surface area contributed by atoms with Crippen LogP contribution in [0.25, 0.3) is 0 Å². The number of carbonyl (C=O) groups is 1. The SMILES string of the molecule is COC(=O)[C@H](C)[C@H](O)c1ccc(F)cc1. The maximum absolute atomic E-state index is 12.6. The standard InChI is InChI=1S/C11H13FO3/c1-7(11(14)15-2)10(13)8-3-5-9(12)6-4-8/h3-7,10,13H,1-2H3/t7-,10+/m1/s1. The Morgan fingerprint density at radius 2 is 1.93 bits per heavy atom. The van der Waals surface area contributed by atoms with Gasteiger partial charge in [0.05, 0.1) is 19.1 Å². The zero-order valence-electron chi connectivity index (χ0n) is 8.61. The van der Waals surface area contributed by atoms with Gasteiger partial charge in [-0.2, -0.15) is 0 Å². The van der Waals surface area contributed by atoms with E-state index in [1.165, 1.54) is 31.4 Å². The van der Waals surface area contributed by atoms with Crippen molar-refractivity contribution >= 4 is 5.97 Å². The number of rotatable bonds is 3. The molecule has 2 atom stereocenters. The number of carbonyl (C=O) groups excluding carboxylic acids is 1. The van der Waals surface area contributed by atoms with Crippen molar-refractivity contribution in [3.63, 3.8) is 0 Å². The van der Waals surface area contributed by atoms with Crippen molar-refractivity contribution in [3.05, 3.63) is 35.6 Å². The zero-order valence-corrected chi connectivity index (χ0v) is 8.61. The second-order valence-corrected chi connectivity index (χ2v) is 3.31. The molecule has 0 aromatic heterocycles. The molecule has 0 unspecified atom stereocenters. The molecule has 0 radical (unpaired) electrons. The predicted molar refractivity (Wildman–Crippen MR) is 52.5 cm³/mol. The van der Waals surface area contributed by atoms with E-state index in [9.17, 15) is 14.3 Å². The van der Waals surface area contributed by atoms with Gasteiger partial charge in [0.2, 0.25) is 0 Å². The van der Waals surface area contributed by atoms with Gasteiger partial charge in [-0.15, -0.1) is 0 Å². The van der Waals surface area contributed by atoms with Gasteiger partial charge in [-0.25, -0.2) is 4.39 Å². The van der Waals surface area contributed by atoms with Crippen LogP contribution >= 0.6 is 0 Å². The Kier molecular flexibility index (Phi) is 3.80. The Morgan fingerprint density at radius 1 is 1.40 bits per heavy atom. The van der Waals surface area contributed by atoms with Crippen LogP contribution in [0.2, 0.25) is 0 Å². The van der Waals surface area contributed by atoms with Gasteiger partial charge < -0.3 is 9.84 Å². The van der Waals surface area contributed by atoms with Crippen LogP contribution in [-0.4, -0.2) is 18.2 Å². The number of benzene rings is 1. The second kappa shape index (κ2) is 4.89. The first-order chi connectivity index (χ1) is 7.06. The van der Waals surface area contributed by atoms with Gasteiger partial charge in [-0.05, 0) is 24.6 Å². The van der Waals surface area contributed by atoms with E-state index in [4.69, 9.17) is 0 Å². The molecule has 0 spiro atoms. The van der Waals surface area contributed by atoms with Crippen LogP contribution in [0.5, 0.6) is 0 Å². The molecular formula is C11H13FO3. The van der Waals surface area contributed by atoms with Crippen molar-refractivity contribution in [2.75, 3.05) is 7.11 Å². The lowest BCUT2D eigenvalue weighted by Crippen LogP contribution is -2.20. The molecule has 0 aliphatic carbocycles. The van der Waals surface area contributed by atoms with Crippen LogP contribution in [-0.2, 0) is 9.53 Å². The highest BCUT2D eigenvalue weighted by Gasteiger charge is 2.23. The Hall–Kier alpha value is -1.42. The minimum atomic E-state index is -0.974. The van der Waals surface area contributed by atoms with E-state index < -0.39 is 18.0 Å². The molecule has 1 aromatic carbocycles. The molecule has 0 bridgehead atoms. The number of hydrogen-bond donors (Lipinski definition) is 1. The van der Waals surface area contributed by atoms with Crippen LogP contribution in [0.1, 0.15) is 18.6 Å². The zero-order chi connectivity index (χ0) is 11.4. The van der Waals surface area contributed by atoms with Gasteiger partial charge in [0.15, 0.2) is 0 Å². The van der Waals surface area contributed by atoms with Crippen LogP contribution in [0.15, 0.2) is 24.3 Å². The van der Waals surface area contributed by atoms with Crippen molar-refractivity contribution < 1.29 is 19.0 Å². The molecule has 0 fully saturated rings. The fraction of sp³-hybridized carbons (Fsp3) is 0.364. The Balaban J connectivity index is 2.80. The monoisotopic (exact) mass is 212 g/mol. The number of ether oxygens (including phenoxy) is 1. The summed E-state index contributed by atoms with van der Waals surface area (Å²) in [4.78, 5) is 11.1. The van der Waals surface area contributed by atoms with Crippen LogP contribution in [0.4, 0.5) is 4.39 Å². The minimum absolute atomic E-state index is 0.378. The third kappa shape index (κ3) is 2.76. The van der Waals surface area contributed by atoms with Crippen molar-refractivity contribution in [3.8, 4) is 0 Å². The Morgan fingerprint density at radius 3 is 2.40 bits per heavy atom. The highest BCUT2D eigenvalue weighted by atomic mass is 19.1. The molecule has 0 amide bonds. The summed E-state index contributed by atoms with van der Waals surface area (Å²) in [5, 5.41) is 9.76. The quantitative estimate of drug-likeness (QED) is 0.775. The molecule has 15 heavy (non-hydrogen) atoms. The van der Waals surface area contributed by atoms with Crippen LogP contribution in [0.3, 0.4) is 0 Å². The average Bonchev–Trinajstić information content (AvgIpc) is 2.27. The fourth-order valence-corrected chi connectivity index (χ4v) is 1.26. The molecule has 0 heterocycles. The summed E-state index contributed by atoms with van der Waals surface area (Å²) in [6.45, 7) is 1.56. The second-order valence-electron chi connectivity index (χ2n) is 3.31. The summed E-state index contributed by atoms with van der Waals surface area (Å²) in [5.41, 5.74) is 0.495. The number of halogens is 1. The van der Waals surface area contributed by atoms with Gasteiger partial charge in [0.25, 0.3) is 0 Å². The maximum Gasteiger partial charge on any atom is 0.311 e. The van der Waals surface area contributed by atoms with Crippen LogP contribution in [0, 0.1) is 11.7 Å². The first kappa shape index (κ1) is 11.7. The largest absolute Gasteiger partial charge is 0.469 e. The van der Waals surface area contributed by atoms with E-state index >= 15 is 0 Å².